The number of anilines is 1. The third kappa shape index (κ3) is 8.93. The molecule has 1 heterocycles. The molecule has 2 atom stereocenters. The van der Waals surface area contributed by atoms with Crippen LogP contribution in [0.25, 0.3) is 0 Å². The Balaban J connectivity index is 2.22. The van der Waals surface area contributed by atoms with Gasteiger partial charge < -0.3 is 10.1 Å². The molecular formula is C26H35F4N3O4S. The number of hydrogen-bond donors (Lipinski definition) is 2. The molecule has 12 heteroatoms. The van der Waals surface area contributed by atoms with E-state index in [-0.39, 0.29) is 24.2 Å². The van der Waals surface area contributed by atoms with Gasteiger partial charge in [0.1, 0.15) is 17.6 Å². The molecule has 0 saturated carbocycles. The normalized spacial score (nSPS) is 13.3. The zero-order chi connectivity index (χ0) is 28.5. The maximum absolute atomic E-state index is 14.5. The third-order valence-electron chi connectivity index (χ3n) is 6.16. The molecule has 0 spiro atoms. The molecule has 0 fully saturated rings. The van der Waals surface area contributed by atoms with Crippen molar-refractivity contribution in [2.24, 2.45) is 0 Å². The molecule has 7 nitrogen and oxygen atoms in total. The van der Waals surface area contributed by atoms with Gasteiger partial charge in [0.05, 0.1) is 11.6 Å². The minimum absolute atomic E-state index is 0.111. The Morgan fingerprint density at radius 2 is 1.79 bits per heavy atom. The van der Waals surface area contributed by atoms with Gasteiger partial charge >= 0.3 is 6.18 Å². The second kappa shape index (κ2) is 14.4. The summed E-state index contributed by atoms with van der Waals surface area (Å²) >= 11 is -2.41. The Hall–Kier alpha value is -2.73. The number of carbonyl (C=O) groups excluding carboxylic acids is 1. The molecule has 1 aromatic carbocycles. The van der Waals surface area contributed by atoms with Crippen LogP contribution in [0, 0.1) is 5.82 Å². The number of hydrogen-bond acceptors (Lipinski definition) is 4. The first-order valence-electron chi connectivity index (χ1n) is 12.5. The number of nitrogens with one attached hydrogen (secondary N) is 1. The summed E-state index contributed by atoms with van der Waals surface area (Å²) in [5, 5.41) is 2.67. The van der Waals surface area contributed by atoms with Crippen LogP contribution in [0.4, 0.5) is 23.2 Å². The second-order valence-corrected chi connectivity index (χ2v) is 10.1. The van der Waals surface area contributed by atoms with Crippen LogP contribution in [0.1, 0.15) is 82.0 Å². The van der Waals surface area contributed by atoms with Crippen molar-refractivity contribution in [3.8, 4) is 5.88 Å². The number of nitrogens with zero attached hydrogens (tertiary/aromatic N) is 2. The van der Waals surface area contributed by atoms with E-state index in [4.69, 9.17) is 9.29 Å². The zero-order valence-corrected chi connectivity index (χ0v) is 22.8. The van der Waals surface area contributed by atoms with Gasteiger partial charge in [0.15, 0.2) is 0 Å². The highest BCUT2D eigenvalue weighted by molar-refractivity contribution is 7.80. The van der Waals surface area contributed by atoms with E-state index in [1.54, 1.807) is 6.92 Å². The van der Waals surface area contributed by atoms with E-state index in [2.05, 4.69) is 10.3 Å². The molecule has 0 aliphatic heterocycles. The molecule has 0 bridgehead atoms. The van der Waals surface area contributed by atoms with Crippen LogP contribution in [-0.4, -0.2) is 32.8 Å². The van der Waals surface area contributed by atoms with Crippen molar-refractivity contribution >= 4 is 22.9 Å². The van der Waals surface area contributed by atoms with Crippen LogP contribution in [0.5, 0.6) is 5.88 Å². The van der Waals surface area contributed by atoms with Crippen LogP contribution in [-0.2, 0) is 28.8 Å². The number of unbranched alkanes of at least 4 members (excludes halogenated alkanes) is 2. The maximum atomic E-state index is 14.5. The third-order valence-corrected chi connectivity index (χ3v) is 6.82. The summed E-state index contributed by atoms with van der Waals surface area (Å²) in [5.41, 5.74) is -0.572. The Labute approximate surface area is 223 Å². The molecule has 1 amide bonds. The predicted molar refractivity (Wildman–Crippen MR) is 139 cm³/mol. The number of pyridine rings is 1. The van der Waals surface area contributed by atoms with Crippen molar-refractivity contribution in [2.75, 3.05) is 11.4 Å². The van der Waals surface area contributed by atoms with Crippen molar-refractivity contribution in [1.82, 2.24) is 10.3 Å². The van der Waals surface area contributed by atoms with E-state index in [0.717, 1.165) is 42.1 Å². The van der Waals surface area contributed by atoms with Crippen molar-refractivity contribution < 1.29 is 35.9 Å². The van der Waals surface area contributed by atoms with Gasteiger partial charge in [-0.1, -0.05) is 45.6 Å². The molecule has 2 rings (SSSR count). The van der Waals surface area contributed by atoms with Crippen molar-refractivity contribution in [1.29, 1.82) is 0 Å². The molecule has 0 saturated heterocycles. The molecule has 2 aromatic rings. The number of amides is 1. The van der Waals surface area contributed by atoms with Gasteiger partial charge in [-0.15, -0.1) is 0 Å². The molecule has 0 radical (unpaired) electrons. The van der Waals surface area contributed by atoms with E-state index in [1.165, 1.54) is 25.2 Å². The van der Waals surface area contributed by atoms with Crippen molar-refractivity contribution in [3.63, 3.8) is 0 Å². The topological polar surface area (TPSA) is 91.8 Å². The standard InChI is InChI=1S/C26H35F4N3O4S/c1-5-7-9-20(10-8-6-2)37-25-19(12-14-23(32-25)26(28,29)30)16-31-24(34)17(3)18-11-13-22(21(27)15-18)33(4)38(35)36/h11-15,17,20H,5-10,16H2,1-4H3,(H,31,34)(H,35,36). The Kier molecular flexibility index (Phi) is 12.0. The molecule has 0 aliphatic carbocycles. The highest BCUT2D eigenvalue weighted by Crippen LogP contribution is 2.31. The largest absolute Gasteiger partial charge is 0.474 e. The Morgan fingerprint density at radius 1 is 1.16 bits per heavy atom. The molecule has 0 aliphatic rings. The number of benzene rings is 1. The average molecular weight is 562 g/mol. The quantitative estimate of drug-likeness (QED) is 0.207. The lowest BCUT2D eigenvalue weighted by Crippen LogP contribution is -2.28. The van der Waals surface area contributed by atoms with Gasteiger partial charge in [0.25, 0.3) is 11.3 Å². The van der Waals surface area contributed by atoms with Gasteiger partial charge in [-0.25, -0.2) is 13.6 Å². The highest BCUT2D eigenvalue weighted by atomic mass is 32.2. The fourth-order valence-corrected chi connectivity index (χ4v) is 4.08. The second-order valence-electron chi connectivity index (χ2n) is 9.06. The minimum atomic E-state index is -4.65. The van der Waals surface area contributed by atoms with E-state index >= 15 is 0 Å². The van der Waals surface area contributed by atoms with Crippen LogP contribution in [0.2, 0.25) is 0 Å². The summed E-state index contributed by atoms with van der Waals surface area (Å²) in [4.78, 5) is 16.6. The van der Waals surface area contributed by atoms with Crippen LogP contribution < -0.4 is 14.4 Å². The summed E-state index contributed by atoms with van der Waals surface area (Å²) in [6.07, 6.45) is -0.0459. The summed E-state index contributed by atoms with van der Waals surface area (Å²) in [6.45, 7) is 5.45. The predicted octanol–water partition coefficient (Wildman–Crippen LogP) is 6.36. The van der Waals surface area contributed by atoms with Crippen LogP contribution >= 0.6 is 0 Å². The fourth-order valence-electron chi connectivity index (χ4n) is 3.77. The molecule has 38 heavy (non-hydrogen) atoms. The molecule has 2 unspecified atom stereocenters. The average Bonchev–Trinajstić information content (AvgIpc) is 2.87. The van der Waals surface area contributed by atoms with Gasteiger partial charge in [0, 0.05) is 19.2 Å². The van der Waals surface area contributed by atoms with Crippen LogP contribution in [0.3, 0.4) is 0 Å². The lowest BCUT2D eigenvalue weighted by Gasteiger charge is -2.21. The van der Waals surface area contributed by atoms with Gasteiger partial charge in [0.2, 0.25) is 11.8 Å². The van der Waals surface area contributed by atoms with Gasteiger partial charge in [-0.05, 0) is 49.6 Å². The first kappa shape index (κ1) is 31.5. The summed E-state index contributed by atoms with van der Waals surface area (Å²) < 4.78 is 81.7. The monoisotopic (exact) mass is 561 g/mol. The number of carbonyl (C=O) groups is 1. The van der Waals surface area contributed by atoms with Crippen LogP contribution in [0.15, 0.2) is 30.3 Å². The fraction of sp³-hybridized carbons (Fsp3) is 0.538. The molecule has 212 valence electrons. The molecule has 2 N–H and O–H groups in total. The lowest BCUT2D eigenvalue weighted by molar-refractivity contribution is -0.141. The first-order valence-corrected chi connectivity index (χ1v) is 13.6. The van der Waals surface area contributed by atoms with Gasteiger partial charge in [-0.2, -0.15) is 13.2 Å². The number of halogens is 4. The SMILES string of the molecule is CCCCC(CCCC)Oc1nc(C(F)(F)F)ccc1CNC(=O)C(C)c1ccc(N(C)S(=O)O)c(F)c1. The maximum Gasteiger partial charge on any atom is 0.433 e. The van der Waals surface area contributed by atoms with E-state index < -0.39 is 40.8 Å². The zero-order valence-electron chi connectivity index (χ0n) is 22.0. The molecule has 1 aromatic heterocycles. The minimum Gasteiger partial charge on any atom is -0.474 e. The van der Waals surface area contributed by atoms with Crippen molar-refractivity contribution in [3.05, 3.63) is 53.0 Å². The molecular weight excluding hydrogens is 526 g/mol. The lowest BCUT2D eigenvalue weighted by atomic mass is 9.99. The summed E-state index contributed by atoms with van der Waals surface area (Å²) in [6, 6.07) is 5.95. The van der Waals surface area contributed by atoms with E-state index in [0.29, 0.717) is 24.0 Å². The van der Waals surface area contributed by atoms with E-state index in [1.807, 2.05) is 13.8 Å². The Morgan fingerprint density at radius 3 is 2.32 bits per heavy atom. The Bertz CT molecular complexity index is 1090. The first-order chi connectivity index (χ1) is 17.9. The van der Waals surface area contributed by atoms with Gasteiger partial charge in [-0.3, -0.25) is 13.7 Å². The number of aromatic nitrogens is 1. The number of alkyl halides is 3. The number of ether oxygens (including phenoxy) is 1. The van der Waals surface area contributed by atoms with E-state index in [9.17, 15) is 26.6 Å². The number of rotatable bonds is 14. The van der Waals surface area contributed by atoms with Crippen molar-refractivity contribution in [2.45, 2.75) is 84.0 Å². The summed E-state index contributed by atoms with van der Waals surface area (Å²) in [5.74, 6) is -2.24. The highest BCUT2D eigenvalue weighted by Gasteiger charge is 2.33. The smallest absolute Gasteiger partial charge is 0.433 e. The summed E-state index contributed by atoms with van der Waals surface area (Å²) in [7, 11) is 1.25.